The molecule has 2 N–H and O–H groups in total. The molecule has 0 spiro atoms. The number of fused-ring (bicyclic) bond motifs is 2. The minimum atomic E-state index is 0.192. The van der Waals surface area contributed by atoms with Gasteiger partial charge in [-0.1, -0.05) is 6.07 Å². The normalized spacial score (nSPS) is 20.1. The number of hydrogen-bond donors (Lipinski definition) is 1. The van der Waals surface area contributed by atoms with Crippen molar-refractivity contribution < 1.29 is 4.74 Å². The van der Waals surface area contributed by atoms with Crippen LogP contribution in [0.4, 0.5) is 0 Å². The lowest BCUT2D eigenvalue weighted by Crippen LogP contribution is -2.14. The fraction of sp³-hybridized carbons (Fsp3) is 0.500. The summed E-state index contributed by atoms with van der Waals surface area (Å²) in [6, 6.07) is 6.42. The Balaban J connectivity index is 1.49. The summed E-state index contributed by atoms with van der Waals surface area (Å²) in [5.41, 5.74) is 8.65. The van der Waals surface area contributed by atoms with Gasteiger partial charge in [0.25, 0.3) is 0 Å². The Kier molecular flexibility index (Phi) is 3.15. The molecule has 4 rings (SSSR count). The van der Waals surface area contributed by atoms with Crippen molar-refractivity contribution in [2.45, 2.75) is 51.3 Å². The van der Waals surface area contributed by atoms with Crippen LogP contribution in [-0.2, 0) is 26.0 Å². The van der Waals surface area contributed by atoms with Gasteiger partial charge in [-0.25, -0.2) is 0 Å². The molecule has 21 heavy (non-hydrogen) atoms. The van der Waals surface area contributed by atoms with E-state index < -0.39 is 0 Å². The van der Waals surface area contributed by atoms with Gasteiger partial charge in [-0.15, -0.1) is 10.2 Å². The Bertz CT molecular complexity index is 664. The van der Waals surface area contributed by atoms with E-state index in [1.165, 1.54) is 24.0 Å². The lowest BCUT2D eigenvalue weighted by Gasteiger charge is -2.15. The average molecular weight is 284 g/mol. The molecule has 0 saturated carbocycles. The third-order valence-electron chi connectivity index (χ3n) is 4.54. The van der Waals surface area contributed by atoms with Crippen LogP contribution in [0.15, 0.2) is 18.2 Å². The van der Waals surface area contributed by atoms with Gasteiger partial charge in [-0.2, -0.15) is 0 Å². The second-order valence-electron chi connectivity index (χ2n) is 5.94. The van der Waals surface area contributed by atoms with E-state index in [4.69, 9.17) is 10.5 Å². The van der Waals surface area contributed by atoms with Gasteiger partial charge in [-0.3, -0.25) is 0 Å². The summed E-state index contributed by atoms with van der Waals surface area (Å²) in [7, 11) is 0. The summed E-state index contributed by atoms with van der Waals surface area (Å²) in [6.45, 7) is 1.50. The van der Waals surface area contributed by atoms with Crippen molar-refractivity contribution in [3.8, 4) is 5.75 Å². The minimum absolute atomic E-state index is 0.192. The molecule has 1 aliphatic heterocycles. The Hall–Kier alpha value is -1.88. The van der Waals surface area contributed by atoms with Gasteiger partial charge < -0.3 is 15.0 Å². The van der Waals surface area contributed by atoms with E-state index in [-0.39, 0.29) is 6.04 Å². The first-order valence-electron chi connectivity index (χ1n) is 7.73. The predicted octanol–water partition coefficient (Wildman–Crippen LogP) is 2.14. The molecule has 110 valence electrons. The molecule has 1 aromatic carbocycles. The van der Waals surface area contributed by atoms with Crippen LogP contribution in [0.25, 0.3) is 0 Å². The zero-order chi connectivity index (χ0) is 14.2. The molecule has 0 amide bonds. The van der Waals surface area contributed by atoms with Crippen molar-refractivity contribution in [1.82, 2.24) is 14.8 Å². The molecule has 1 aliphatic carbocycles. The van der Waals surface area contributed by atoms with Crippen LogP contribution in [0.1, 0.15) is 48.1 Å². The number of ether oxygens (including phenoxy) is 1. The van der Waals surface area contributed by atoms with Gasteiger partial charge in [0.2, 0.25) is 0 Å². The SMILES string of the molecule is N[C@@H]1CCc2cc(OCc3nnc4n3CCCC4)ccc21. The molecule has 0 unspecified atom stereocenters. The summed E-state index contributed by atoms with van der Waals surface area (Å²) in [5, 5.41) is 8.52. The first-order chi connectivity index (χ1) is 10.3. The number of benzene rings is 1. The van der Waals surface area contributed by atoms with E-state index in [9.17, 15) is 0 Å². The molecule has 0 saturated heterocycles. The van der Waals surface area contributed by atoms with Gasteiger partial charge in [-0.05, 0) is 48.9 Å². The van der Waals surface area contributed by atoms with E-state index in [0.717, 1.165) is 43.2 Å². The molecule has 0 radical (unpaired) electrons. The van der Waals surface area contributed by atoms with Crippen molar-refractivity contribution in [1.29, 1.82) is 0 Å². The Morgan fingerprint density at radius 2 is 2.19 bits per heavy atom. The summed E-state index contributed by atoms with van der Waals surface area (Å²) < 4.78 is 8.11. The van der Waals surface area contributed by atoms with Gasteiger partial charge >= 0.3 is 0 Å². The minimum Gasteiger partial charge on any atom is -0.486 e. The maximum absolute atomic E-state index is 6.06. The summed E-state index contributed by atoms with van der Waals surface area (Å²) in [6.07, 6.45) is 5.53. The van der Waals surface area contributed by atoms with E-state index in [1.54, 1.807) is 0 Å². The van der Waals surface area contributed by atoms with Crippen molar-refractivity contribution in [3.63, 3.8) is 0 Å². The highest BCUT2D eigenvalue weighted by molar-refractivity contribution is 5.40. The summed E-state index contributed by atoms with van der Waals surface area (Å²) in [4.78, 5) is 0. The first kappa shape index (κ1) is 12.8. The molecule has 1 aromatic heterocycles. The number of aromatic nitrogens is 3. The highest BCUT2D eigenvalue weighted by atomic mass is 16.5. The van der Waals surface area contributed by atoms with Crippen LogP contribution in [-0.4, -0.2) is 14.8 Å². The van der Waals surface area contributed by atoms with E-state index in [1.807, 2.05) is 6.07 Å². The lowest BCUT2D eigenvalue weighted by molar-refractivity contribution is 0.286. The Labute approximate surface area is 124 Å². The van der Waals surface area contributed by atoms with Gasteiger partial charge in [0.15, 0.2) is 5.82 Å². The first-order valence-corrected chi connectivity index (χ1v) is 7.73. The van der Waals surface area contributed by atoms with Crippen LogP contribution in [0, 0.1) is 0 Å². The van der Waals surface area contributed by atoms with E-state index >= 15 is 0 Å². The van der Waals surface area contributed by atoms with Crippen molar-refractivity contribution in [2.24, 2.45) is 5.73 Å². The second-order valence-corrected chi connectivity index (χ2v) is 5.94. The fourth-order valence-electron chi connectivity index (χ4n) is 3.34. The van der Waals surface area contributed by atoms with Gasteiger partial charge in [0.1, 0.15) is 18.2 Å². The number of aryl methyl sites for hydroxylation is 2. The molecular weight excluding hydrogens is 264 g/mol. The van der Waals surface area contributed by atoms with Crippen LogP contribution in [0.3, 0.4) is 0 Å². The highest BCUT2D eigenvalue weighted by Crippen LogP contribution is 2.32. The average Bonchev–Trinajstić information content (AvgIpc) is 3.09. The Morgan fingerprint density at radius 1 is 1.24 bits per heavy atom. The number of rotatable bonds is 3. The molecule has 0 bridgehead atoms. The molecule has 5 nitrogen and oxygen atoms in total. The van der Waals surface area contributed by atoms with Crippen molar-refractivity contribution in [3.05, 3.63) is 41.0 Å². The number of nitrogens with zero attached hydrogens (tertiary/aromatic N) is 3. The number of hydrogen-bond acceptors (Lipinski definition) is 4. The summed E-state index contributed by atoms with van der Waals surface area (Å²) in [5.74, 6) is 2.93. The molecule has 2 aliphatic rings. The van der Waals surface area contributed by atoms with Gasteiger partial charge in [0.05, 0.1) is 0 Å². The maximum atomic E-state index is 6.06. The topological polar surface area (TPSA) is 66.0 Å². The van der Waals surface area contributed by atoms with Crippen molar-refractivity contribution >= 4 is 0 Å². The maximum Gasteiger partial charge on any atom is 0.171 e. The van der Waals surface area contributed by atoms with Gasteiger partial charge in [0, 0.05) is 19.0 Å². The zero-order valence-corrected chi connectivity index (χ0v) is 12.1. The monoisotopic (exact) mass is 284 g/mol. The van der Waals surface area contributed by atoms with E-state index in [0.29, 0.717) is 6.61 Å². The molecule has 0 fully saturated rings. The summed E-state index contributed by atoms with van der Waals surface area (Å²) >= 11 is 0. The standard InChI is InChI=1S/C16H20N4O/c17-14-7-4-11-9-12(5-6-13(11)14)21-10-16-19-18-15-3-1-2-8-20(15)16/h5-6,9,14H,1-4,7-8,10,17H2/t14-/m1/s1. The lowest BCUT2D eigenvalue weighted by atomic mass is 10.1. The highest BCUT2D eigenvalue weighted by Gasteiger charge is 2.20. The van der Waals surface area contributed by atoms with E-state index in [2.05, 4.69) is 26.9 Å². The van der Waals surface area contributed by atoms with Crippen LogP contribution in [0.5, 0.6) is 5.75 Å². The second kappa shape index (κ2) is 5.15. The quantitative estimate of drug-likeness (QED) is 0.937. The largest absolute Gasteiger partial charge is 0.486 e. The zero-order valence-electron chi connectivity index (χ0n) is 12.1. The van der Waals surface area contributed by atoms with Crippen molar-refractivity contribution in [2.75, 3.05) is 0 Å². The molecule has 2 heterocycles. The fourth-order valence-corrected chi connectivity index (χ4v) is 3.34. The predicted molar refractivity (Wildman–Crippen MR) is 79.0 cm³/mol. The van der Waals surface area contributed by atoms with Crippen LogP contribution >= 0.6 is 0 Å². The third kappa shape index (κ3) is 2.31. The Morgan fingerprint density at radius 3 is 3.14 bits per heavy atom. The number of nitrogens with two attached hydrogens (primary N) is 1. The molecule has 5 heteroatoms. The smallest absolute Gasteiger partial charge is 0.171 e. The molecular formula is C16H20N4O. The van der Waals surface area contributed by atoms with Crippen LogP contribution in [0.2, 0.25) is 0 Å². The third-order valence-corrected chi connectivity index (χ3v) is 4.54. The molecule has 1 atom stereocenters. The molecule has 2 aromatic rings. The van der Waals surface area contributed by atoms with Crippen LogP contribution < -0.4 is 10.5 Å².